The van der Waals surface area contributed by atoms with Crippen molar-refractivity contribution in [1.29, 1.82) is 0 Å². The second kappa shape index (κ2) is 5.69. The highest BCUT2D eigenvalue weighted by atomic mass is 15.1. The lowest BCUT2D eigenvalue weighted by atomic mass is 10.1. The largest absolute Gasteiger partial charge is 0.330 e. The maximum atomic E-state index is 5.41. The van der Waals surface area contributed by atoms with Crippen LogP contribution in [0.3, 0.4) is 0 Å². The molecule has 0 aliphatic rings. The van der Waals surface area contributed by atoms with Crippen molar-refractivity contribution >= 4 is 0 Å². The van der Waals surface area contributed by atoms with Gasteiger partial charge in [-0.05, 0) is 39.9 Å². The summed E-state index contributed by atoms with van der Waals surface area (Å²) in [4.78, 5) is 2.27. The van der Waals surface area contributed by atoms with Crippen molar-refractivity contribution in [2.24, 2.45) is 5.73 Å². The van der Waals surface area contributed by atoms with Crippen LogP contribution in [0.25, 0.3) is 0 Å². The van der Waals surface area contributed by atoms with Gasteiger partial charge in [-0.2, -0.15) is 0 Å². The number of rotatable bonds is 5. The zero-order chi connectivity index (χ0) is 7.98. The van der Waals surface area contributed by atoms with Gasteiger partial charge in [0.2, 0.25) is 0 Å². The van der Waals surface area contributed by atoms with Crippen LogP contribution in [0.2, 0.25) is 0 Å². The van der Waals surface area contributed by atoms with Crippen LogP contribution in [0.5, 0.6) is 0 Å². The molecule has 0 fully saturated rings. The van der Waals surface area contributed by atoms with Gasteiger partial charge in [-0.15, -0.1) is 0 Å². The zero-order valence-electron chi connectivity index (χ0n) is 7.43. The number of nitrogens with zero attached hydrogens (tertiary/aromatic N) is 1. The van der Waals surface area contributed by atoms with Gasteiger partial charge in [0.15, 0.2) is 0 Å². The number of nitrogens with two attached hydrogens (primary N) is 1. The SMILES string of the molecule is CCC(CCCN)N(C)C. The normalized spacial score (nSPS) is 14.1. The fraction of sp³-hybridized carbons (Fsp3) is 1.00. The van der Waals surface area contributed by atoms with Crippen LogP contribution in [-0.2, 0) is 0 Å². The van der Waals surface area contributed by atoms with Gasteiger partial charge in [0.25, 0.3) is 0 Å². The second-order valence-corrected chi connectivity index (χ2v) is 2.96. The molecule has 0 heterocycles. The summed E-state index contributed by atoms with van der Waals surface area (Å²) >= 11 is 0. The molecular formula is C8H20N2. The van der Waals surface area contributed by atoms with Crippen molar-refractivity contribution in [3.05, 3.63) is 0 Å². The molecule has 2 nitrogen and oxygen atoms in total. The van der Waals surface area contributed by atoms with E-state index in [0.29, 0.717) is 0 Å². The van der Waals surface area contributed by atoms with Crippen LogP contribution in [0.4, 0.5) is 0 Å². The van der Waals surface area contributed by atoms with Gasteiger partial charge in [-0.1, -0.05) is 6.92 Å². The minimum absolute atomic E-state index is 0.726. The molecule has 0 saturated carbocycles. The van der Waals surface area contributed by atoms with E-state index in [1.807, 2.05) is 0 Å². The van der Waals surface area contributed by atoms with Crippen LogP contribution in [0.15, 0.2) is 0 Å². The van der Waals surface area contributed by atoms with Gasteiger partial charge in [-0.3, -0.25) is 0 Å². The summed E-state index contributed by atoms with van der Waals surface area (Å²) in [5, 5.41) is 0. The third kappa shape index (κ3) is 3.85. The van der Waals surface area contributed by atoms with Gasteiger partial charge >= 0.3 is 0 Å². The Morgan fingerprint density at radius 2 is 2.00 bits per heavy atom. The molecule has 0 saturated heterocycles. The first-order valence-electron chi connectivity index (χ1n) is 4.08. The molecule has 10 heavy (non-hydrogen) atoms. The third-order valence-corrected chi connectivity index (χ3v) is 1.94. The highest BCUT2D eigenvalue weighted by Crippen LogP contribution is 2.05. The Kier molecular flexibility index (Phi) is 5.64. The molecule has 0 rings (SSSR count). The average molecular weight is 144 g/mol. The lowest BCUT2D eigenvalue weighted by Gasteiger charge is -2.22. The van der Waals surface area contributed by atoms with Crippen molar-refractivity contribution in [2.45, 2.75) is 32.2 Å². The fourth-order valence-electron chi connectivity index (χ4n) is 1.18. The Bertz CT molecular complexity index is 71.7. The van der Waals surface area contributed by atoms with Crippen LogP contribution < -0.4 is 5.73 Å². The molecule has 0 aromatic heterocycles. The van der Waals surface area contributed by atoms with E-state index in [1.165, 1.54) is 12.8 Å². The molecule has 1 unspecified atom stereocenters. The van der Waals surface area contributed by atoms with E-state index < -0.39 is 0 Å². The Balaban J connectivity index is 3.40. The monoisotopic (exact) mass is 144 g/mol. The fourth-order valence-corrected chi connectivity index (χ4v) is 1.18. The number of hydrogen-bond donors (Lipinski definition) is 1. The van der Waals surface area contributed by atoms with Crippen molar-refractivity contribution in [3.8, 4) is 0 Å². The van der Waals surface area contributed by atoms with E-state index in [9.17, 15) is 0 Å². The van der Waals surface area contributed by atoms with Crippen molar-refractivity contribution in [1.82, 2.24) is 4.90 Å². The summed E-state index contributed by atoms with van der Waals surface area (Å²) in [6, 6.07) is 0.726. The third-order valence-electron chi connectivity index (χ3n) is 1.94. The molecular weight excluding hydrogens is 124 g/mol. The van der Waals surface area contributed by atoms with Crippen LogP contribution in [0.1, 0.15) is 26.2 Å². The summed E-state index contributed by atoms with van der Waals surface area (Å²) in [6.45, 7) is 3.05. The maximum absolute atomic E-state index is 5.41. The molecule has 2 heteroatoms. The predicted octanol–water partition coefficient (Wildman–Crippen LogP) is 1.07. The van der Waals surface area contributed by atoms with E-state index in [0.717, 1.165) is 19.0 Å². The van der Waals surface area contributed by atoms with E-state index in [2.05, 4.69) is 25.9 Å². The molecule has 0 aromatic rings. The van der Waals surface area contributed by atoms with Gasteiger partial charge < -0.3 is 10.6 Å². The molecule has 62 valence electrons. The highest BCUT2D eigenvalue weighted by molar-refractivity contribution is 4.63. The molecule has 1 atom stereocenters. The molecule has 0 bridgehead atoms. The minimum atomic E-state index is 0.726. The Labute approximate surface area is 64.4 Å². The lowest BCUT2D eigenvalue weighted by Crippen LogP contribution is -2.27. The Morgan fingerprint density at radius 1 is 1.40 bits per heavy atom. The van der Waals surface area contributed by atoms with Crippen molar-refractivity contribution in [2.75, 3.05) is 20.6 Å². The van der Waals surface area contributed by atoms with E-state index in [1.54, 1.807) is 0 Å². The number of hydrogen-bond acceptors (Lipinski definition) is 2. The Hall–Kier alpha value is -0.0800. The average Bonchev–Trinajstić information content (AvgIpc) is 1.89. The first-order chi connectivity index (χ1) is 4.72. The Morgan fingerprint density at radius 3 is 2.30 bits per heavy atom. The molecule has 0 spiro atoms. The molecule has 0 aliphatic heterocycles. The zero-order valence-corrected chi connectivity index (χ0v) is 7.43. The summed E-state index contributed by atoms with van der Waals surface area (Å²) in [6.07, 6.45) is 3.61. The maximum Gasteiger partial charge on any atom is 0.00870 e. The van der Waals surface area contributed by atoms with Crippen molar-refractivity contribution < 1.29 is 0 Å². The molecule has 2 N–H and O–H groups in total. The molecule has 0 amide bonds. The lowest BCUT2D eigenvalue weighted by molar-refractivity contribution is 0.268. The van der Waals surface area contributed by atoms with Crippen molar-refractivity contribution in [3.63, 3.8) is 0 Å². The first-order valence-corrected chi connectivity index (χ1v) is 4.08. The summed E-state index contributed by atoms with van der Waals surface area (Å²) in [5.74, 6) is 0. The van der Waals surface area contributed by atoms with Gasteiger partial charge in [-0.25, -0.2) is 0 Å². The second-order valence-electron chi connectivity index (χ2n) is 2.96. The summed E-state index contributed by atoms with van der Waals surface area (Å²) in [5.41, 5.74) is 5.41. The quantitative estimate of drug-likeness (QED) is 0.625. The predicted molar refractivity (Wildman–Crippen MR) is 46.1 cm³/mol. The summed E-state index contributed by atoms with van der Waals surface area (Å²) < 4.78 is 0. The molecule has 0 aromatic carbocycles. The van der Waals surface area contributed by atoms with E-state index in [-0.39, 0.29) is 0 Å². The van der Waals surface area contributed by atoms with Gasteiger partial charge in [0.05, 0.1) is 0 Å². The standard InChI is InChI=1S/C8H20N2/c1-4-8(10(2)3)6-5-7-9/h8H,4-7,9H2,1-3H3. The van der Waals surface area contributed by atoms with Gasteiger partial charge in [0, 0.05) is 6.04 Å². The summed E-state index contributed by atoms with van der Waals surface area (Å²) in [7, 11) is 4.26. The van der Waals surface area contributed by atoms with Gasteiger partial charge in [0.1, 0.15) is 0 Å². The van der Waals surface area contributed by atoms with E-state index in [4.69, 9.17) is 5.73 Å². The minimum Gasteiger partial charge on any atom is -0.330 e. The van der Waals surface area contributed by atoms with E-state index >= 15 is 0 Å². The van der Waals surface area contributed by atoms with Crippen LogP contribution >= 0.6 is 0 Å². The smallest absolute Gasteiger partial charge is 0.00870 e. The molecule has 0 radical (unpaired) electrons. The topological polar surface area (TPSA) is 29.3 Å². The van der Waals surface area contributed by atoms with Crippen LogP contribution in [0, 0.1) is 0 Å². The highest BCUT2D eigenvalue weighted by Gasteiger charge is 2.06. The molecule has 0 aliphatic carbocycles. The van der Waals surface area contributed by atoms with Crippen LogP contribution in [-0.4, -0.2) is 31.6 Å². The first kappa shape index (κ1) is 9.92.